The van der Waals surface area contributed by atoms with E-state index < -0.39 is 10.0 Å². The van der Waals surface area contributed by atoms with Crippen molar-refractivity contribution < 1.29 is 8.42 Å². The van der Waals surface area contributed by atoms with Gasteiger partial charge in [-0.15, -0.1) is 0 Å². The minimum Gasteiger partial charge on any atom is -0.305 e. The third kappa shape index (κ3) is 3.37. The predicted octanol–water partition coefficient (Wildman–Crippen LogP) is 2.16. The number of benzene rings is 1. The first-order chi connectivity index (χ1) is 8.91. The Morgan fingerprint density at radius 2 is 2.11 bits per heavy atom. The quantitative estimate of drug-likeness (QED) is 0.841. The molecule has 1 unspecified atom stereocenters. The van der Waals surface area contributed by atoms with E-state index in [1.54, 1.807) is 22.5 Å². The standard InChI is InChI=1S/C13H19BrN2O2S/c1-15(2)12-6-4-8-16(10-12)19(17,18)13-7-3-5-11(14)9-13/h3,5,7,9,12H,4,6,8,10H2,1-2H3. The summed E-state index contributed by atoms with van der Waals surface area (Å²) in [5.74, 6) is 0. The van der Waals surface area contributed by atoms with Gasteiger partial charge in [0.15, 0.2) is 0 Å². The largest absolute Gasteiger partial charge is 0.305 e. The molecule has 0 spiro atoms. The average molecular weight is 347 g/mol. The van der Waals surface area contributed by atoms with Crippen molar-refractivity contribution in [2.45, 2.75) is 23.8 Å². The molecule has 1 aromatic rings. The molecule has 1 heterocycles. The SMILES string of the molecule is CN(C)C1CCCN(S(=O)(=O)c2cccc(Br)c2)C1. The minimum absolute atomic E-state index is 0.302. The zero-order valence-corrected chi connectivity index (χ0v) is 13.6. The molecule has 1 aromatic carbocycles. The number of piperidine rings is 1. The minimum atomic E-state index is -3.37. The van der Waals surface area contributed by atoms with Crippen LogP contribution < -0.4 is 0 Å². The normalized spacial score (nSPS) is 21.8. The van der Waals surface area contributed by atoms with E-state index in [-0.39, 0.29) is 0 Å². The van der Waals surface area contributed by atoms with Gasteiger partial charge >= 0.3 is 0 Å². The Hall–Kier alpha value is -0.430. The molecule has 1 fully saturated rings. The summed E-state index contributed by atoms with van der Waals surface area (Å²) < 4.78 is 27.6. The van der Waals surface area contributed by atoms with E-state index >= 15 is 0 Å². The number of rotatable bonds is 3. The van der Waals surface area contributed by atoms with E-state index in [2.05, 4.69) is 20.8 Å². The van der Waals surface area contributed by atoms with Crippen LogP contribution in [0.2, 0.25) is 0 Å². The van der Waals surface area contributed by atoms with Crippen LogP contribution >= 0.6 is 15.9 Å². The number of hydrogen-bond acceptors (Lipinski definition) is 3. The van der Waals surface area contributed by atoms with Gasteiger partial charge in [0.1, 0.15) is 0 Å². The van der Waals surface area contributed by atoms with Gasteiger partial charge in [-0.1, -0.05) is 22.0 Å². The van der Waals surface area contributed by atoms with Crippen LogP contribution in [0.5, 0.6) is 0 Å². The Balaban J connectivity index is 2.24. The van der Waals surface area contributed by atoms with E-state index in [1.165, 1.54) is 0 Å². The van der Waals surface area contributed by atoms with Gasteiger partial charge in [0.05, 0.1) is 4.90 Å². The van der Waals surface area contributed by atoms with Gasteiger partial charge < -0.3 is 4.90 Å². The summed E-state index contributed by atoms with van der Waals surface area (Å²) in [5.41, 5.74) is 0. The zero-order valence-electron chi connectivity index (χ0n) is 11.2. The molecule has 1 atom stereocenters. The second-order valence-corrected chi connectivity index (χ2v) is 7.93. The fourth-order valence-electron chi connectivity index (χ4n) is 2.34. The molecule has 0 aromatic heterocycles. The summed E-state index contributed by atoms with van der Waals surface area (Å²) >= 11 is 3.32. The molecule has 0 N–H and O–H groups in total. The molecule has 2 rings (SSSR count). The molecule has 19 heavy (non-hydrogen) atoms. The molecule has 6 heteroatoms. The molecule has 0 bridgehead atoms. The number of likely N-dealkylation sites (N-methyl/N-ethyl adjacent to an activating group) is 1. The van der Waals surface area contributed by atoms with Crippen molar-refractivity contribution in [3.05, 3.63) is 28.7 Å². The van der Waals surface area contributed by atoms with Crippen molar-refractivity contribution in [2.75, 3.05) is 27.2 Å². The Morgan fingerprint density at radius 3 is 2.74 bits per heavy atom. The Labute approximate surface area is 123 Å². The molecule has 1 aliphatic rings. The van der Waals surface area contributed by atoms with Crippen molar-refractivity contribution >= 4 is 26.0 Å². The number of halogens is 1. The Morgan fingerprint density at radius 1 is 1.37 bits per heavy atom. The van der Waals surface area contributed by atoms with Crippen molar-refractivity contribution in [1.29, 1.82) is 0 Å². The fourth-order valence-corrected chi connectivity index (χ4v) is 4.45. The van der Waals surface area contributed by atoms with Crippen LogP contribution in [0, 0.1) is 0 Å². The molecule has 0 amide bonds. The van der Waals surface area contributed by atoms with Crippen LogP contribution in [0.1, 0.15) is 12.8 Å². The summed E-state index contributed by atoms with van der Waals surface area (Å²) in [6, 6.07) is 7.20. The Kier molecular flexibility index (Phi) is 4.66. The molecular weight excluding hydrogens is 328 g/mol. The van der Waals surface area contributed by atoms with Crippen LogP contribution in [0.25, 0.3) is 0 Å². The van der Waals surface area contributed by atoms with Gasteiger partial charge in [-0.3, -0.25) is 0 Å². The molecule has 4 nitrogen and oxygen atoms in total. The summed E-state index contributed by atoms with van der Waals surface area (Å²) in [7, 11) is 0.625. The highest BCUT2D eigenvalue weighted by molar-refractivity contribution is 9.10. The lowest BCUT2D eigenvalue weighted by Gasteiger charge is -2.35. The van der Waals surface area contributed by atoms with Crippen molar-refractivity contribution in [3.63, 3.8) is 0 Å². The van der Waals surface area contributed by atoms with E-state index in [1.807, 2.05) is 20.2 Å². The first-order valence-electron chi connectivity index (χ1n) is 6.33. The van der Waals surface area contributed by atoms with Crippen LogP contribution in [-0.2, 0) is 10.0 Å². The lowest BCUT2D eigenvalue weighted by atomic mass is 10.1. The van der Waals surface area contributed by atoms with Crippen molar-refractivity contribution in [2.24, 2.45) is 0 Å². The van der Waals surface area contributed by atoms with Gasteiger partial charge in [0.2, 0.25) is 10.0 Å². The highest BCUT2D eigenvalue weighted by Crippen LogP contribution is 2.24. The molecule has 0 aliphatic carbocycles. The lowest BCUT2D eigenvalue weighted by molar-refractivity contribution is 0.190. The lowest BCUT2D eigenvalue weighted by Crippen LogP contribution is -2.47. The first-order valence-corrected chi connectivity index (χ1v) is 8.57. The maximum Gasteiger partial charge on any atom is 0.243 e. The van der Waals surface area contributed by atoms with E-state index in [4.69, 9.17) is 0 Å². The molecule has 0 saturated carbocycles. The molecule has 0 radical (unpaired) electrons. The average Bonchev–Trinajstić information content (AvgIpc) is 2.39. The second kappa shape index (κ2) is 5.91. The third-order valence-corrected chi connectivity index (χ3v) is 5.88. The van der Waals surface area contributed by atoms with Gasteiger partial charge in [-0.05, 0) is 45.1 Å². The van der Waals surface area contributed by atoms with Crippen molar-refractivity contribution in [1.82, 2.24) is 9.21 Å². The fraction of sp³-hybridized carbons (Fsp3) is 0.538. The maximum absolute atomic E-state index is 12.6. The summed E-state index contributed by atoms with van der Waals surface area (Å²) in [5, 5.41) is 0. The summed E-state index contributed by atoms with van der Waals surface area (Å²) in [6.07, 6.45) is 1.97. The Bertz CT molecular complexity index is 545. The maximum atomic E-state index is 12.6. The van der Waals surface area contributed by atoms with Gasteiger partial charge in [-0.2, -0.15) is 4.31 Å². The van der Waals surface area contributed by atoms with Gasteiger partial charge in [-0.25, -0.2) is 8.42 Å². The van der Waals surface area contributed by atoms with Crippen LogP contribution in [0.3, 0.4) is 0 Å². The highest BCUT2D eigenvalue weighted by Gasteiger charge is 2.30. The van der Waals surface area contributed by atoms with Gasteiger partial charge in [0.25, 0.3) is 0 Å². The zero-order chi connectivity index (χ0) is 14.0. The van der Waals surface area contributed by atoms with Crippen LogP contribution in [-0.4, -0.2) is 50.8 Å². The molecule has 106 valence electrons. The number of nitrogens with zero attached hydrogens (tertiary/aromatic N) is 2. The number of hydrogen-bond donors (Lipinski definition) is 0. The summed E-state index contributed by atoms with van der Waals surface area (Å²) in [4.78, 5) is 2.46. The van der Waals surface area contributed by atoms with E-state index in [0.29, 0.717) is 24.0 Å². The van der Waals surface area contributed by atoms with E-state index in [9.17, 15) is 8.42 Å². The first kappa shape index (κ1) is 15.0. The highest BCUT2D eigenvalue weighted by atomic mass is 79.9. The van der Waals surface area contributed by atoms with Crippen LogP contribution in [0.4, 0.5) is 0 Å². The summed E-state index contributed by atoms with van der Waals surface area (Å²) in [6.45, 7) is 1.18. The number of sulfonamides is 1. The third-order valence-electron chi connectivity index (χ3n) is 3.52. The predicted molar refractivity (Wildman–Crippen MR) is 79.6 cm³/mol. The molecule has 1 saturated heterocycles. The second-order valence-electron chi connectivity index (χ2n) is 5.08. The van der Waals surface area contributed by atoms with Crippen LogP contribution in [0.15, 0.2) is 33.6 Å². The monoisotopic (exact) mass is 346 g/mol. The topological polar surface area (TPSA) is 40.6 Å². The van der Waals surface area contributed by atoms with E-state index in [0.717, 1.165) is 17.3 Å². The smallest absolute Gasteiger partial charge is 0.243 e. The molecular formula is C13H19BrN2O2S. The van der Waals surface area contributed by atoms with Crippen molar-refractivity contribution in [3.8, 4) is 0 Å². The van der Waals surface area contributed by atoms with Gasteiger partial charge in [0, 0.05) is 23.6 Å². The molecule has 1 aliphatic heterocycles.